The highest BCUT2D eigenvalue weighted by molar-refractivity contribution is 7.99. The topological polar surface area (TPSA) is 21.3 Å². The molecule has 0 spiro atoms. The molecule has 2 atom stereocenters. The normalized spacial score (nSPS) is 19.6. The average Bonchev–Trinajstić information content (AvgIpc) is 2.37. The van der Waals surface area contributed by atoms with Gasteiger partial charge in [0.05, 0.1) is 6.04 Å². The highest BCUT2D eigenvalue weighted by Crippen LogP contribution is 2.35. The van der Waals surface area contributed by atoms with Crippen molar-refractivity contribution >= 4 is 11.8 Å². The number of allylic oxidation sites excluding steroid dienone is 1. The maximum absolute atomic E-state index is 6.12. The lowest BCUT2D eigenvalue weighted by Crippen LogP contribution is -2.44. The van der Waals surface area contributed by atoms with E-state index < -0.39 is 0 Å². The highest BCUT2D eigenvalue weighted by Gasteiger charge is 2.26. The Hall–Kier alpha value is -0.930. The Kier molecular flexibility index (Phi) is 4.72. The van der Waals surface area contributed by atoms with E-state index in [0.29, 0.717) is 6.04 Å². The van der Waals surface area contributed by atoms with E-state index in [-0.39, 0.29) is 6.10 Å². The number of thioether (sulfide) groups is 1. The largest absolute Gasteiger partial charge is 0.486 e. The molecule has 1 aromatic carbocycles. The van der Waals surface area contributed by atoms with E-state index >= 15 is 0 Å². The Morgan fingerprint density at radius 1 is 1.50 bits per heavy atom. The maximum Gasteiger partial charge on any atom is 0.133 e. The number of nitrogens with one attached hydrogen (secondary N) is 1. The van der Waals surface area contributed by atoms with Gasteiger partial charge in [0, 0.05) is 10.6 Å². The summed E-state index contributed by atoms with van der Waals surface area (Å²) in [7, 11) is 0. The summed E-state index contributed by atoms with van der Waals surface area (Å²) in [5.41, 5.74) is 1.33. The molecule has 0 fully saturated rings. The second-order valence-electron chi connectivity index (χ2n) is 4.74. The minimum atomic E-state index is 0.208. The van der Waals surface area contributed by atoms with E-state index in [1.807, 2.05) is 17.8 Å². The number of benzene rings is 1. The molecule has 98 valence electrons. The summed E-state index contributed by atoms with van der Waals surface area (Å²) in [4.78, 5) is 1.25. The predicted octanol–water partition coefficient (Wildman–Crippen LogP) is 3.48. The van der Waals surface area contributed by atoms with Gasteiger partial charge in [-0.15, -0.1) is 11.8 Å². The highest BCUT2D eigenvalue weighted by atomic mass is 32.2. The van der Waals surface area contributed by atoms with Gasteiger partial charge in [-0.25, -0.2) is 0 Å². The fraction of sp³-hybridized carbons (Fsp3) is 0.467. The second-order valence-corrected chi connectivity index (χ2v) is 5.80. The summed E-state index contributed by atoms with van der Waals surface area (Å²) < 4.78 is 6.12. The minimum absolute atomic E-state index is 0.208. The Morgan fingerprint density at radius 2 is 2.28 bits per heavy atom. The van der Waals surface area contributed by atoms with Crippen LogP contribution in [0.15, 0.2) is 40.8 Å². The van der Waals surface area contributed by atoms with Crippen LogP contribution in [0.5, 0.6) is 5.75 Å². The Bertz CT molecular complexity index is 426. The molecule has 0 saturated carbocycles. The van der Waals surface area contributed by atoms with Crippen molar-refractivity contribution in [2.24, 2.45) is 0 Å². The van der Waals surface area contributed by atoms with Crippen LogP contribution in [-0.2, 0) is 0 Å². The van der Waals surface area contributed by atoms with E-state index in [1.54, 1.807) is 0 Å². The van der Waals surface area contributed by atoms with Crippen molar-refractivity contribution in [3.05, 3.63) is 35.9 Å². The van der Waals surface area contributed by atoms with Crippen LogP contribution in [0.25, 0.3) is 0 Å². The number of para-hydroxylation sites is 1. The van der Waals surface area contributed by atoms with Crippen molar-refractivity contribution in [1.29, 1.82) is 0 Å². The molecular weight excluding hydrogens is 242 g/mol. The van der Waals surface area contributed by atoms with E-state index in [1.165, 1.54) is 10.5 Å². The molecule has 0 radical (unpaired) electrons. The summed E-state index contributed by atoms with van der Waals surface area (Å²) in [6.45, 7) is 7.36. The van der Waals surface area contributed by atoms with E-state index in [9.17, 15) is 0 Å². The van der Waals surface area contributed by atoms with Crippen molar-refractivity contribution in [1.82, 2.24) is 5.32 Å². The van der Waals surface area contributed by atoms with Gasteiger partial charge in [-0.1, -0.05) is 30.7 Å². The average molecular weight is 263 g/mol. The monoisotopic (exact) mass is 263 g/mol. The number of fused-ring (bicyclic) bond motifs is 1. The first-order valence-electron chi connectivity index (χ1n) is 6.47. The molecule has 0 saturated heterocycles. The first-order valence-corrected chi connectivity index (χ1v) is 7.46. The zero-order valence-corrected chi connectivity index (χ0v) is 12.1. The standard InChI is InChI=1S/C15H21NOS/c1-4-16-12(9-11(2)3)14-10-18-15-8-6-5-7-13(15)17-14/h5-9,12,14,16H,4,10H2,1-3H3. The zero-order valence-electron chi connectivity index (χ0n) is 11.3. The van der Waals surface area contributed by atoms with Gasteiger partial charge in [-0.2, -0.15) is 0 Å². The summed E-state index contributed by atoms with van der Waals surface area (Å²) in [5.74, 6) is 2.02. The molecule has 0 aromatic heterocycles. The van der Waals surface area contributed by atoms with Crippen LogP contribution in [0, 0.1) is 0 Å². The molecule has 0 aliphatic carbocycles. The molecule has 1 N–H and O–H groups in total. The predicted molar refractivity (Wildman–Crippen MR) is 78.5 cm³/mol. The van der Waals surface area contributed by atoms with Crippen LogP contribution >= 0.6 is 11.8 Å². The summed E-state index contributed by atoms with van der Waals surface area (Å²) >= 11 is 1.88. The van der Waals surface area contributed by atoms with Crippen molar-refractivity contribution in [3.8, 4) is 5.75 Å². The molecule has 18 heavy (non-hydrogen) atoms. The van der Waals surface area contributed by atoms with Crippen molar-refractivity contribution < 1.29 is 4.74 Å². The SMILES string of the molecule is CCNC(C=C(C)C)C1CSc2ccccc2O1. The number of rotatable bonds is 4. The molecule has 2 rings (SSSR count). The van der Waals surface area contributed by atoms with Gasteiger partial charge < -0.3 is 10.1 Å². The third-order valence-corrected chi connectivity index (χ3v) is 4.03. The number of likely N-dealkylation sites (N-methyl/N-ethyl adjacent to an activating group) is 1. The molecule has 3 heteroatoms. The summed E-state index contributed by atoms with van der Waals surface area (Å²) in [6.07, 6.45) is 2.47. The number of hydrogen-bond donors (Lipinski definition) is 1. The van der Waals surface area contributed by atoms with Crippen LogP contribution < -0.4 is 10.1 Å². The summed E-state index contributed by atoms with van der Waals surface area (Å²) in [5, 5.41) is 3.50. The van der Waals surface area contributed by atoms with Gasteiger partial charge in [-0.3, -0.25) is 0 Å². The quantitative estimate of drug-likeness (QED) is 0.840. The fourth-order valence-electron chi connectivity index (χ4n) is 2.11. The second kappa shape index (κ2) is 6.30. The number of hydrogen-bond acceptors (Lipinski definition) is 3. The Balaban J connectivity index is 2.12. The van der Waals surface area contributed by atoms with E-state index in [4.69, 9.17) is 4.74 Å². The third kappa shape index (κ3) is 3.30. The maximum atomic E-state index is 6.12. The third-order valence-electron chi connectivity index (χ3n) is 2.88. The van der Waals surface area contributed by atoms with Gasteiger partial charge in [0.25, 0.3) is 0 Å². The number of ether oxygens (including phenoxy) is 1. The van der Waals surface area contributed by atoms with Gasteiger partial charge in [0.15, 0.2) is 0 Å². The molecule has 1 aliphatic heterocycles. The first-order chi connectivity index (χ1) is 8.70. The lowest BCUT2D eigenvalue weighted by atomic mass is 10.1. The van der Waals surface area contributed by atoms with Gasteiger partial charge in [0.1, 0.15) is 11.9 Å². The molecule has 2 unspecified atom stereocenters. The molecule has 1 aromatic rings. The molecule has 1 heterocycles. The van der Waals surface area contributed by atoms with Crippen LogP contribution in [0.1, 0.15) is 20.8 Å². The molecule has 0 bridgehead atoms. The summed E-state index contributed by atoms with van der Waals surface area (Å²) in [6, 6.07) is 8.57. The van der Waals surface area contributed by atoms with Crippen molar-refractivity contribution in [3.63, 3.8) is 0 Å². The lowest BCUT2D eigenvalue weighted by molar-refractivity contribution is 0.185. The molecule has 1 aliphatic rings. The van der Waals surface area contributed by atoms with E-state index in [2.05, 4.69) is 50.4 Å². The first kappa shape index (κ1) is 13.5. The lowest BCUT2D eigenvalue weighted by Gasteiger charge is -2.31. The van der Waals surface area contributed by atoms with Gasteiger partial charge >= 0.3 is 0 Å². The molecule has 2 nitrogen and oxygen atoms in total. The molecule has 0 amide bonds. The van der Waals surface area contributed by atoms with Gasteiger partial charge in [-0.05, 0) is 32.5 Å². The Labute approximate surface area is 114 Å². The van der Waals surface area contributed by atoms with Crippen LogP contribution in [0.2, 0.25) is 0 Å². The van der Waals surface area contributed by atoms with Gasteiger partial charge in [0.2, 0.25) is 0 Å². The van der Waals surface area contributed by atoms with Crippen molar-refractivity contribution in [2.45, 2.75) is 37.8 Å². The van der Waals surface area contributed by atoms with E-state index in [0.717, 1.165) is 18.0 Å². The van der Waals surface area contributed by atoms with Crippen molar-refractivity contribution in [2.75, 3.05) is 12.3 Å². The Morgan fingerprint density at radius 3 is 3.00 bits per heavy atom. The molecular formula is C15H21NOS. The zero-order chi connectivity index (χ0) is 13.0. The fourth-order valence-corrected chi connectivity index (χ4v) is 3.16. The van der Waals surface area contributed by atoms with Crippen LogP contribution in [0.4, 0.5) is 0 Å². The van der Waals surface area contributed by atoms with Crippen LogP contribution in [0.3, 0.4) is 0 Å². The van der Waals surface area contributed by atoms with Crippen LogP contribution in [-0.4, -0.2) is 24.4 Å². The minimum Gasteiger partial charge on any atom is -0.486 e. The smallest absolute Gasteiger partial charge is 0.133 e.